The van der Waals surface area contributed by atoms with Crippen molar-refractivity contribution in [1.82, 2.24) is 5.32 Å². The number of benzene rings is 1. The van der Waals surface area contributed by atoms with Crippen molar-refractivity contribution >= 4 is 21.6 Å². The largest absolute Gasteiger partial charge is 0.394 e. The molecule has 2 N–H and O–H groups in total. The van der Waals surface area contributed by atoms with Crippen LogP contribution in [0.25, 0.3) is 0 Å². The molecule has 0 radical (unpaired) electrons. The third-order valence-electron chi connectivity index (χ3n) is 3.64. The maximum absolute atomic E-state index is 9.48. The molecule has 0 bridgehead atoms. The molecule has 4 nitrogen and oxygen atoms in total. The number of ether oxygens (including phenoxy) is 1. The van der Waals surface area contributed by atoms with E-state index >= 15 is 0 Å². The molecule has 21 heavy (non-hydrogen) atoms. The van der Waals surface area contributed by atoms with E-state index in [1.165, 1.54) is 11.3 Å². The molecule has 0 aromatic heterocycles. The summed E-state index contributed by atoms with van der Waals surface area (Å²) in [5.41, 5.74) is 2.22. The van der Waals surface area contributed by atoms with Crippen molar-refractivity contribution in [2.75, 3.05) is 31.1 Å². The fourth-order valence-electron chi connectivity index (χ4n) is 2.81. The van der Waals surface area contributed by atoms with Gasteiger partial charge in [0.1, 0.15) is 0 Å². The minimum Gasteiger partial charge on any atom is -0.394 e. The predicted molar refractivity (Wildman–Crippen MR) is 89.8 cm³/mol. The SMILES string of the molecule is CCNCc1ccc(Br)cc1N1CC(CO)OC(C)(C)C1. The number of anilines is 1. The first-order valence-corrected chi connectivity index (χ1v) is 8.27. The number of halogens is 1. The Morgan fingerprint density at radius 2 is 2.24 bits per heavy atom. The molecule has 2 rings (SSSR count). The first-order chi connectivity index (χ1) is 9.95. The van der Waals surface area contributed by atoms with E-state index in [0.717, 1.165) is 30.7 Å². The van der Waals surface area contributed by atoms with Gasteiger partial charge in [0.15, 0.2) is 0 Å². The fourth-order valence-corrected chi connectivity index (χ4v) is 3.16. The van der Waals surface area contributed by atoms with Crippen molar-refractivity contribution in [1.29, 1.82) is 0 Å². The van der Waals surface area contributed by atoms with Crippen LogP contribution in [-0.2, 0) is 11.3 Å². The second kappa shape index (κ2) is 7.09. The zero-order chi connectivity index (χ0) is 15.5. The van der Waals surface area contributed by atoms with Crippen molar-refractivity contribution in [3.05, 3.63) is 28.2 Å². The van der Waals surface area contributed by atoms with Crippen molar-refractivity contribution in [2.24, 2.45) is 0 Å². The van der Waals surface area contributed by atoms with Crippen molar-refractivity contribution < 1.29 is 9.84 Å². The molecule has 1 aliphatic heterocycles. The molecular weight excluding hydrogens is 332 g/mol. The van der Waals surface area contributed by atoms with Crippen LogP contribution in [0.4, 0.5) is 5.69 Å². The number of nitrogens with one attached hydrogen (secondary N) is 1. The van der Waals surface area contributed by atoms with Crippen molar-refractivity contribution in [3.63, 3.8) is 0 Å². The van der Waals surface area contributed by atoms with Gasteiger partial charge in [0.05, 0.1) is 18.3 Å². The summed E-state index contributed by atoms with van der Waals surface area (Å²) in [7, 11) is 0. The molecule has 0 saturated carbocycles. The Morgan fingerprint density at radius 3 is 2.90 bits per heavy atom. The Labute approximate surface area is 135 Å². The summed E-state index contributed by atoms with van der Waals surface area (Å²) in [6.45, 7) is 9.64. The molecule has 1 aliphatic rings. The Hall–Kier alpha value is -0.620. The fraction of sp³-hybridized carbons (Fsp3) is 0.625. The Kier molecular flexibility index (Phi) is 5.66. The van der Waals surface area contributed by atoms with Crippen LogP contribution in [0.15, 0.2) is 22.7 Å². The van der Waals surface area contributed by atoms with Gasteiger partial charge >= 0.3 is 0 Å². The van der Waals surface area contributed by atoms with Crippen LogP contribution in [-0.4, -0.2) is 43.1 Å². The Bertz CT molecular complexity index is 479. The molecule has 118 valence electrons. The van der Waals surface area contributed by atoms with Crippen LogP contribution < -0.4 is 10.2 Å². The first kappa shape index (κ1) is 16.7. The lowest BCUT2D eigenvalue weighted by atomic mass is 10.0. The molecule has 0 spiro atoms. The van der Waals surface area contributed by atoms with Crippen LogP contribution in [0.2, 0.25) is 0 Å². The zero-order valence-corrected chi connectivity index (χ0v) is 14.6. The van der Waals surface area contributed by atoms with Crippen LogP contribution in [0, 0.1) is 0 Å². The van der Waals surface area contributed by atoms with Crippen LogP contribution in [0.5, 0.6) is 0 Å². The number of aliphatic hydroxyl groups excluding tert-OH is 1. The molecule has 5 heteroatoms. The zero-order valence-electron chi connectivity index (χ0n) is 13.0. The first-order valence-electron chi connectivity index (χ1n) is 7.48. The molecule has 0 amide bonds. The van der Waals surface area contributed by atoms with Gasteiger partial charge in [-0.05, 0) is 38.1 Å². The number of hydrogen-bond donors (Lipinski definition) is 2. The lowest BCUT2D eigenvalue weighted by molar-refractivity contribution is -0.101. The summed E-state index contributed by atoms with van der Waals surface area (Å²) in [6.07, 6.45) is -0.139. The molecule has 1 heterocycles. The molecule has 1 unspecified atom stereocenters. The van der Waals surface area contributed by atoms with Gasteiger partial charge in [-0.1, -0.05) is 28.9 Å². The highest BCUT2D eigenvalue weighted by Crippen LogP contribution is 2.30. The molecule has 1 aromatic carbocycles. The second-order valence-corrected chi connectivity index (χ2v) is 7.03. The minimum atomic E-state index is -0.260. The van der Waals surface area contributed by atoms with E-state index in [9.17, 15) is 5.11 Å². The highest BCUT2D eigenvalue weighted by Gasteiger charge is 2.33. The van der Waals surface area contributed by atoms with Gasteiger partial charge in [0.2, 0.25) is 0 Å². The number of hydrogen-bond acceptors (Lipinski definition) is 4. The minimum absolute atomic E-state index is 0.0521. The van der Waals surface area contributed by atoms with E-state index < -0.39 is 0 Å². The average molecular weight is 357 g/mol. The summed E-state index contributed by atoms with van der Waals surface area (Å²) in [5.74, 6) is 0. The monoisotopic (exact) mass is 356 g/mol. The van der Waals surface area contributed by atoms with E-state index in [1.807, 2.05) is 0 Å². The summed E-state index contributed by atoms with van der Waals surface area (Å²) >= 11 is 3.56. The van der Waals surface area contributed by atoms with Gasteiger partial charge in [-0.3, -0.25) is 0 Å². The molecule has 1 fully saturated rings. The number of aliphatic hydroxyl groups is 1. The van der Waals surface area contributed by atoms with E-state index in [2.05, 4.69) is 65.1 Å². The van der Waals surface area contributed by atoms with E-state index in [-0.39, 0.29) is 18.3 Å². The van der Waals surface area contributed by atoms with Crippen LogP contribution in [0.1, 0.15) is 26.3 Å². The average Bonchev–Trinajstić information content (AvgIpc) is 2.44. The topological polar surface area (TPSA) is 44.7 Å². The molecule has 1 saturated heterocycles. The summed E-state index contributed by atoms with van der Waals surface area (Å²) in [5, 5.41) is 12.9. The summed E-state index contributed by atoms with van der Waals surface area (Å²) < 4.78 is 6.98. The number of nitrogens with zero attached hydrogens (tertiary/aromatic N) is 1. The lowest BCUT2D eigenvalue weighted by Crippen LogP contribution is -2.54. The van der Waals surface area contributed by atoms with Gasteiger partial charge in [0.25, 0.3) is 0 Å². The highest BCUT2D eigenvalue weighted by atomic mass is 79.9. The van der Waals surface area contributed by atoms with Crippen molar-refractivity contribution in [3.8, 4) is 0 Å². The van der Waals surface area contributed by atoms with Crippen molar-refractivity contribution in [2.45, 2.75) is 39.0 Å². The maximum Gasteiger partial charge on any atom is 0.0988 e. The third-order valence-corrected chi connectivity index (χ3v) is 4.13. The number of morpholine rings is 1. The molecule has 1 aromatic rings. The lowest BCUT2D eigenvalue weighted by Gasteiger charge is -2.44. The Morgan fingerprint density at radius 1 is 1.48 bits per heavy atom. The van der Waals surface area contributed by atoms with Gasteiger partial charge < -0.3 is 20.1 Å². The molecular formula is C16H25BrN2O2. The highest BCUT2D eigenvalue weighted by molar-refractivity contribution is 9.10. The number of rotatable bonds is 5. The summed E-state index contributed by atoms with van der Waals surface area (Å²) in [4.78, 5) is 2.32. The molecule has 1 atom stereocenters. The Balaban J connectivity index is 2.28. The predicted octanol–water partition coefficient (Wildman–Crippen LogP) is 2.53. The maximum atomic E-state index is 9.48. The third kappa shape index (κ3) is 4.42. The second-order valence-electron chi connectivity index (χ2n) is 6.12. The smallest absolute Gasteiger partial charge is 0.0988 e. The van der Waals surface area contributed by atoms with E-state index in [1.54, 1.807) is 0 Å². The summed E-state index contributed by atoms with van der Waals surface area (Å²) in [6, 6.07) is 6.38. The van der Waals surface area contributed by atoms with Gasteiger partial charge in [-0.25, -0.2) is 0 Å². The van der Waals surface area contributed by atoms with Crippen LogP contribution >= 0.6 is 15.9 Å². The van der Waals surface area contributed by atoms with Gasteiger partial charge in [0, 0.05) is 29.8 Å². The molecule has 0 aliphatic carbocycles. The van der Waals surface area contributed by atoms with E-state index in [4.69, 9.17) is 4.74 Å². The van der Waals surface area contributed by atoms with E-state index in [0.29, 0.717) is 0 Å². The normalized spacial score (nSPS) is 21.6. The standard InChI is InChI=1S/C16H25BrN2O2/c1-4-18-8-12-5-6-13(17)7-15(12)19-9-14(10-20)21-16(2,3)11-19/h5-7,14,18,20H,4,8-11H2,1-3H3. The van der Waals surface area contributed by atoms with Crippen LogP contribution in [0.3, 0.4) is 0 Å². The van der Waals surface area contributed by atoms with Gasteiger partial charge in [-0.15, -0.1) is 0 Å². The van der Waals surface area contributed by atoms with Gasteiger partial charge in [-0.2, -0.15) is 0 Å². The quantitative estimate of drug-likeness (QED) is 0.850.